The lowest BCUT2D eigenvalue weighted by atomic mass is 9.94. The minimum absolute atomic E-state index is 0.231. The predicted octanol–water partition coefficient (Wildman–Crippen LogP) is 4.23. The summed E-state index contributed by atoms with van der Waals surface area (Å²) < 4.78 is 0. The maximum absolute atomic E-state index is 12.9. The van der Waals surface area contributed by atoms with E-state index in [9.17, 15) is 9.59 Å². The molecule has 4 heteroatoms. The molecule has 0 bridgehead atoms. The Morgan fingerprint density at radius 3 is 2.11 bits per heavy atom. The number of carbonyl (C=O) groups excluding carboxylic acids is 2. The third-order valence-electron chi connectivity index (χ3n) is 5.10. The first-order valence-electron chi connectivity index (χ1n) is 8.95. The van der Waals surface area contributed by atoms with Crippen molar-refractivity contribution in [3.63, 3.8) is 0 Å². The summed E-state index contributed by atoms with van der Waals surface area (Å²) in [4.78, 5) is 31.8. The molecule has 5 rings (SSSR count). The Labute approximate surface area is 156 Å². The number of aromatic nitrogens is 1. The largest absolute Gasteiger partial charge is 0.274 e. The van der Waals surface area contributed by atoms with Crippen LogP contribution in [0.15, 0.2) is 72.8 Å². The number of hydrogen-bond acceptors (Lipinski definition) is 3. The number of pyridine rings is 1. The summed E-state index contributed by atoms with van der Waals surface area (Å²) in [7, 11) is 0. The average Bonchev–Trinajstić information content (AvgIpc) is 2.71. The van der Waals surface area contributed by atoms with Crippen molar-refractivity contribution in [3.8, 4) is 0 Å². The van der Waals surface area contributed by atoms with E-state index < -0.39 is 0 Å². The van der Waals surface area contributed by atoms with Crippen molar-refractivity contribution < 1.29 is 9.59 Å². The maximum atomic E-state index is 12.9. The van der Waals surface area contributed by atoms with Gasteiger partial charge in [0.2, 0.25) is 0 Å². The lowest BCUT2D eigenvalue weighted by Crippen LogP contribution is -2.41. The number of hydrogen-bond donors (Lipinski definition) is 0. The summed E-state index contributed by atoms with van der Waals surface area (Å²) in [6.07, 6.45) is 0.528. The van der Waals surface area contributed by atoms with Gasteiger partial charge in [0, 0.05) is 40.6 Å². The minimum atomic E-state index is -0.231. The van der Waals surface area contributed by atoms with E-state index in [4.69, 9.17) is 0 Å². The smallest absolute Gasteiger partial charge is 0.261 e. The van der Waals surface area contributed by atoms with Crippen molar-refractivity contribution in [2.24, 2.45) is 0 Å². The molecule has 4 nitrogen and oxygen atoms in total. The van der Waals surface area contributed by atoms with Crippen LogP contribution < -0.4 is 0 Å². The third kappa shape index (κ3) is 2.49. The zero-order chi connectivity index (χ0) is 18.4. The molecule has 130 valence electrons. The number of rotatable bonds is 3. The molecular weight excluding hydrogens is 336 g/mol. The molecule has 0 atom stereocenters. The summed E-state index contributed by atoms with van der Waals surface area (Å²) in [6.45, 7) is 0.313. The summed E-state index contributed by atoms with van der Waals surface area (Å²) >= 11 is 0. The van der Waals surface area contributed by atoms with Crippen LogP contribution in [0.5, 0.6) is 0 Å². The highest BCUT2D eigenvalue weighted by Crippen LogP contribution is 2.30. The van der Waals surface area contributed by atoms with Crippen molar-refractivity contribution >= 4 is 33.5 Å². The van der Waals surface area contributed by atoms with Crippen LogP contribution in [0.4, 0.5) is 0 Å². The van der Waals surface area contributed by atoms with Crippen LogP contribution in [0.2, 0.25) is 0 Å². The quantitative estimate of drug-likeness (QED) is 0.519. The summed E-state index contributed by atoms with van der Waals surface area (Å²) in [5, 5.41) is 2.75. The molecule has 2 amide bonds. The standard InChI is InChI=1S/C23H16N2O2/c26-22-18-8-3-6-16-7-4-9-19(21(16)18)23(27)25(22)14-13-17-12-11-15-5-1-2-10-20(15)24-17/h1-12H,13-14H2. The number of para-hydroxylation sites is 1. The number of benzene rings is 3. The van der Waals surface area contributed by atoms with Gasteiger partial charge < -0.3 is 0 Å². The molecule has 3 aromatic carbocycles. The molecule has 1 aromatic heterocycles. The van der Waals surface area contributed by atoms with Gasteiger partial charge in [0.15, 0.2) is 0 Å². The second-order valence-corrected chi connectivity index (χ2v) is 6.72. The Kier molecular flexibility index (Phi) is 3.50. The van der Waals surface area contributed by atoms with Gasteiger partial charge in [0.1, 0.15) is 0 Å². The molecule has 27 heavy (non-hydrogen) atoms. The van der Waals surface area contributed by atoms with Crippen LogP contribution in [-0.2, 0) is 6.42 Å². The van der Waals surface area contributed by atoms with Crippen molar-refractivity contribution in [3.05, 3.63) is 89.6 Å². The van der Waals surface area contributed by atoms with Crippen LogP contribution >= 0.6 is 0 Å². The van der Waals surface area contributed by atoms with E-state index in [0.717, 1.165) is 27.4 Å². The minimum Gasteiger partial charge on any atom is -0.274 e. The number of amides is 2. The SMILES string of the molecule is O=C1c2cccc3cccc(c23)C(=O)N1CCc1ccc2ccccc2n1. The Morgan fingerprint density at radius 2 is 1.37 bits per heavy atom. The zero-order valence-electron chi connectivity index (χ0n) is 14.6. The lowest BCUT2D eigenvalue weighted by Gasteiger charge is -2.27. The Balaban J connectivity index is 1.47. The second kappa shape index (κ2) is 6.02. The summed E-state index contributed by atoms with van der Waals surface area (Å²) in [6, 6.07) is 23.0. The molecular formula is C23H16N2O2. The van der Waals surface area contributed by atoms with E-state index in [1.54, 1.807) is 12.1 Å². The van der Waals surface area contributed by atoms with Gasteiger partial charge in [-0.3, -0.25) is 19.5 Å². The molecule has 0 radical (unpaired) electrons. The molecule has 1 aliphatic heterocycles. The zero-order valence-corrected chi connectivity index (χ0v) is 14.6. The molecule has 2 heterocycles. The first kappa shape index (κ1) is 15.7. The second-order valence-electron chi connectivity index (χ2n) is 6.72. The fraction of sp³-hybridized carbons (Fsp3) is 0.0870. The lowest BCUT2D eigenvalue weighted by molar-refractivity contribution is 0.0612. The molecule has 4 aromatic rings. The van der Waals surface area contributed by atoms with Gasteiger partial charge in [0.05, 0.1) is 5.52 Å². The van der Waals surface area contributed by atoms with Crippen LogP contribution in [0.1, 0.15) is 26.4 Å². The molecule has 0 aliphatic carbocycles. The number of carbonyl (C=O) groups is 2. The van der Waals surface area contributed by atoms with Crippen molar-refractivity contribution in [2.75, 3.05) is 6.54 Å². The first-order valence-corrected chi connectivity index (χ1v) is 8.95. The topological polar surface area (TPSA) is 50.3 Å². The predicted molar refractivity (Wildman–Crippen MR) is 105 cm³/mol. The molecule has 0 saturated heterocycles. The van der Waals surface area contributed by atoms with Gasteiger partial charge in [-0.25, -0.2) is 0 Å². The Bertz CT molecular complexity index is 1180. The van der Waals surface area contributed by atoms with E-state index in [1.807, 2.05) is 60.7 Å². The highest BCUT2D eigenvalue weighted by atomic mass is 16.2. The van der Waals surface area contributed by atoms with Crippen molar-refractivity contribution in [2.45, 2.75) is 6.42 Å². The van der Waals surface area contributed by atoms with E-state index >= 15 is 0 Å². The number of imide groups is 1. The van der Waals surface area contributed by atoms with Gasteiger partial charge in [-0.2, -0.15) is 0 Å². The van der Waals surface area contributed by atoms with Crippen molar-refractivity contribution in [1.29, 1.82) is 0 Å². The van der Waals surface area contributed by atoms with Crippen molar-refractivity contribution in [1.82, 2.24) is 9.88 Å². The van der Waals surface area contributed by atoms with E-state index in [0.29, 0.717) is 24.1 Å². The van der Waals surface area contributed by atoms with Crippen LogP contribution in [0.25, 0.3) is 21.7 Å². The van der Waals surface area contributed by atoms with Gasteiger partial charge in [-0.05, 0) is 29.7 Å². The molecule has 0 N–H and O–H groups in total. The van der Waals surface area contributed by atoms with Gasteiger partial charge >= 0.3 is 0 Å². The fourth-order valence-electron chi connectivity index (χ4n) is 3.76. The van der Waals surface area contributed by atoms with Crippen LogP contribution in [0, 0.1) is 0 Å². The molecule has 0 fully saturated rings. The van der Waals surface area contributed by atoms with Gasteiger partial charge in [-0.1, -0.05) is 48.5 Å². The molecule has 0 spiro atoms. The average molecular weight is 352 g/mol. The van der Waals surface area contributed by atoms with E-state index in [1.165, 1.54) is 4.90 Å². The van der Waals surface area contributed by atoms with E-state index in [2.05, 4.69) is 4.98 Å². The summed E-state index contributed by atoms with van der Waals surface area (Å²) in [5.74, 6) is -0.463. The fourth-order valence-corrected chi connectivity index (χ4v) is 3.76. The van der Waals surface area contributed by atoms with Crippen LogP contribution in [0.3, 0.4) is 0 Å². The number of fused-ring (bicyclic) bond motifs is 1. The van der Waals surface area contributed by atoms with Gasteiger partial charge in [-0.15, -0.1) is 0 Å². The number of nitrogens with zero attached hydrogens (tertiary/aromatic N) is 2. The van der Waals surface area contributed by atoms with E-state index in [-0.39, 0.29) is 11.8 Å². The molecule has 0 unspecified atom stereocenters. The third-order valence-corrected chi connectivity index (χ3v) is 5.10. The molecule has 0 saturated carbocycles. The van der Waals surface area contributed by atoms with Crippen LogP contribution in [-0.4, -0.2) is 28.2 Å². The highest BCUT2D eigenvalue weighted by molar-refractivity contribution is 6.25. The highest BCUT2D eigenvalue weighted by Gasteiger charge is 2.32. The first-order chi connectivity index (χ1) is 13.2. The monoisotopic (exact) mass is 352 g/mol. The molecule has 1 aliphatic rings. The maximum Gasteiger partial charge on any atom is 0.261 e. The Morgan fingerprint density at radius 1 is 0.704 bits per heavy atom. The summed E-state index contributed by atoms with van der Waals surface area (Å²) in [5.41, 5.74) is 2.97. The van der Waals surface area contributed by atoms with Gasteiger partial charge in [0.25, 0.3) is 11.8 Å². The Hall–Kier alpha value is -3.53. The normalized spacial score (nSPS) is 13.6.